The molecule has 0 saturated carbocycles. The second-order valence-corrected chi connectivity index (χ2v) is 7.30. The fourth-order valence-electron chi connectivity index (χ4n) is 3.36. The standard InChI is InChI=1S/C19H20N2S/c1-21(2)14-11-13-7-6-10-17-18(13)16(12-14)19(20-17)22-15-8-4-3-5-9-15/h3-10,14,20H,11-12H2,1-2H3. The number of aromatic nitrogens is 1. The molecule has 1 aromatic heterocycles. The van der Waals surface area contributed by atoms with E-state index in [4.69, 9.17) is 0 Å². The molecule has 1 aliphatic rings. The number of hydrogen-bond donors (Lipinski definition) is 1. The van der Waals surface area contributed by atoms with Crippen molar-refractivity contribution in [3.63, 3.8) is 0 Å². The molecule has 2 nitrogen and oxygen atoms in total. The van der Waals surface area contributed by atoms with Gasteiger partial charge in [-0.05, 0) is 56.3 Å². The SMILES string of the molecule is CN(C)C1Cc2cccc3[nH]c(Sc4ccccc4)c(c23)C1. The van der Waals surface area contributed by atoms with Crippen LogP contribution in [0.15, 0.2) is 58.5 Å². The molecule has 0 fully saturated rings. The monoisotopic (exact) mass is 308 g/mol. The second-order valence-electron chi connectivity index (χ2n) is 6.21. The van der Waals surface area contributed by atoms with Crippen LogP contribution < -0.4 is 0 Å². The third kappa shape index (κ3) is 2.34. The number of benzene rings is 2. The molecular weight excluding hydrogens is 288 g/mol. The molecule has 0 amide bonds. The van der Waals surface area contributed by atoms with Crippen molar-refractivity contribution in [3.05, 3.63) is 59.7 Å². The first kappa shape index (κ1) is 13.9. The predicted octanol–water partition coefficient (Wildman–Crippen LogP) is 4.35. The summed E-state index contributed by atoms with van der Waals surface area (Å²) in [6, 6.07) is 17.9. The normalized spacial score (nSPS) is 17.3. The van der Waals surface area contributed by atoms with Gasteiger partial charge in [0.05, 0.1) is 5.03 Å². The molecule has 0 bridgehead atoms. The van der Waals surface area contributed by atoms with Gasteiger partial charge in [0.25, 0.3) is 0 Å². The molecule has 1 atom stereocenters. The number of nitrogens with zero attached hydrogens (tertiary/aromatic N) is 1. The van der Waals surface area contributed by atoms with Gasteiger partial charge >= 0.3 is 0 Å². The molecule has 1 heterocycles. The largest absolute Gasteiger partial charge is 0.349 e. The highest BCUT2D eigenvalue weighted by Gasteiger charge is 2.26. The Balaban J connectivity index is 1.81. The smallest absolute Gasteiger partial charge is 0.0814 e. The lowest BCUT2D eigenvalue weighted by molar-refractivity contribution is 0.286. The van der Waals surface area contributed by atoms with Crippen molar-refractivity contribution in [3.8, 4) is 0 Å². The molecule has 22 heavy (non-hydrogen) atoms. The van der Waals surface area contributed by atoms with Gasteiger partial charge in [-0.3, -0.25) is 0 Å². The van der Waals surface area contributed by atoms with E-state index in [0.29, 0.717) is 6.04 Å². The molecule has 0 spiro atoms. The highest BCUT2D eigenvalue weighted by Crippen LogP contribution is 2.39. The van der Waals surface area contributed by atoms with E-state index in [9.17, 15) is 0 Å². The van der Waals surface area contributed by atoms with E-state index in [2.05, 4.69) is 72.5 Å². The molecular formula is C19H20N2S. The Hall–Kier alpha value is -1.71. The van der Waals surface area contributed by atoms with Crippen LogP contribution in [0.4, 0.5) is 0 Å². The quantitative estimate of drug-likeness (QED) is 0.776. The highest BCUT2D eigenvalue weighted by molar-refractivity contribution is 7.99. The molecule has 1 aliphatic carbocycles. The van der Waals surface area contributed by atoms with Crippen molar-refractivity contribution in [2.45, 2.75) is 28.8 Å². The highest BCUT2D eigenvalue weighted by atomic mass is 32.2. The number of rotatable bonds is 3. The minimum Gasteiger partial charge on any atom is -0.349 e. The zero-order valence-electron chi connectivity index (χ0n) is 13.0. The van der Waals surface area contributed by atoms with Crippen LogP contribution in [0.2, 0.25) is 0 Å². The number of H-pyrrole nitrogens is 1. The molecule has 1 unspecified atom stereocenters. The third-order valence-corrected chi connectivity index (χ3v) is 5.62. The van der Waals surface area contributed by atoms with Gasteiger partial charge in [-0.15, -0.1) is 0 Å². The summed E-state index contributed by atoms with van der Waals surface area (Å²) < 4.78 is 0. The van der Waals surface area contributed by atoms with Gasteiger partial charge in [0.2, 0.25) is 0 Å². The van der Waals surface area contributed by atoms with E-state index < -0.39 is 0 Å². The van der Waals surface area contributed by atoms with Gasteiger partial charge in [-0.25, -0.2) is 0 Å². The van der Waals surface area contributed by atoms with E-state index in [-0.39, 0.29) is 0 Å². The van der Waals surface area contributed by atoms with Gasteiger partial charge in [0.1, 0.15) is 0 Å². The van der Waals surface area contributed by atoms with E-state index in [0.717, 1.165) is 12.8 Å². The van der Waals surface area contributed by atoms with Gasteiger partial charge < -0.3 is 9.88 Å². The Morgan fingerprint density at radius 2 is 1.82 bits per heavy atom. The Labute approximate surface area is 135 Å². The molecule has 112 valence electrons. The van der Waals surface area contributed by atoms with Crippen molar-refractivity contribution in [2.24, 2.45) is 0 Å². The van der Waals surface area contributed by atoms with Crippen LogP contribution in [0.3, 0.4) is 0 Å². The number of likely N-dealkylation sites (N-methyl/N-ethyl adjacent to an activating group) is 1. The van der Waals surface area contributed by atoms with Gasteiger partial charge in [0.15, 0.2) is 0 Å². The Kier molecular flexibility index (Phi) is 3.47. The lowest BCUT2D eigenvalue weighted by atomic mass is 9.89. The van der Waals surface area contributed by atoms with E-state index in [1.165, 1.54) is 32.0 Å². The lowest BCUT2D eigenvalue weighted by Crippen LogP contribution is -2.34. The van der Waals surface area contributed by atoms with Gasteiger partial charge in [0, 0.05) is 21.8 Å². The molecule has 0 radical (unpaired) electrons. The van der Waals surface area contributed by atoms with Crippen LogP contribution in [0.5, 0.6) is 0 Å². The summed E-state index contributed by atoms with van der Waals surface area (Å²) >= 11 is 1.85. The Morgan fingerprint density at radius 1 is 1.00 bits per heavy atom. The number of aromatic amines is 1. The fraction of sp³-hybridized carbons (Fsp3) is 0.263. The van der Waals surface area contributed by atoms with Crippen LogP contribution in [0.25, 0.3) is 10.9 Å². The maximum atomic E-state index is 3.65. The van der Waals surface area contributed by atoms with Crippen molar-refractivity contribution >= 4 is 22.7 Å². The average molecular weight is 308 g/mol. The van der Waals surface area contributed by atoms with Crippen LogP contribution in [-0.2, 0) is 12.8 Å². The number of hydrogen-bond acceptors (Lipinski definition) is 2. The molecule has 3 heteroatoms. The van der Waals surface area contributed by atoms with Crippen molar-refractivity contribution in [1.29, 1.82) is 0 Å². The predicted molar refractivity (Wildman–Crippen MR) is 93.7 cm³/mol. The zero-order chi connectivity index (χ0) is 15.1. The molecule has 4 rings (SSSR count). The van der Waals surface area contributed by atoms with Gasteiger partial charge in [-0.2, -0.15) is 0 Å². The Bertz CT molecular complexity index is 805. The maximum Gasteiger partial charge on any atom is 0.0814 e. The molecule has 1 N–H and O–H groups in total. The van der Waals surface area contributed by atoms with E-state index in [1.54, 1.807) is 0 Å². The summed E-state index contributed by atoms with van der Waals surface area (Å²) in [6.07, 6.45) is 2.27. The molecule has 0 saturated heterocycles. The summed E-state index contributed by atoms with van der Waals surface area (Å²) in [7, 11) is 4.37. The van der Waals surface area contributed by atoms with Crippen LogP contribution in [-0.4, -0.2) is 30.0 Å². The van der Waals surface area contributed by atoms with Crippen molar-refractivity contribution < 1.29 is 0 Å². The van der Waals surface area contributed by atoms with Crippen LogP contribution >= 0.6 is 11.8 Å². The van der Waals surface area contributed by atoms with E-state index in [1.807, 2.05) is 11.8 Å². The minimum atomic E-state index is 0.587. The van der Waals surface area contributed by atoms with Crippen LogP contribution in [0.1, 0.15) is 11.1 Å². The first-order valence-corrected chi connectivity index (χ1v) is 8.56. The van der Waals surface area contributed by atoms with Crippen molar-refractivity contribution in [1.82, 2.24) is 9.88 Å². The topological polar surface area (TPSA) is 19.0 Å². The zero-order valence-corrected chi connectivity index (χ0v) is 13.8. The number of nitrogens with one attached hydrogen (secondary N) is 1. The Morgan fingerprint density at radius 3 is 2.59 bits per heavy atom. The molecule has 0 aliphatic heterocycles. The summed E-state index contributed by atoms with van der Waals surface area (Å²) in [4.78, 5) is 7.29. The minimum absolute atomic E-state index is 0.587. The van der Waals surface area contributed by atoms with Crippen LogP contribution in [0, 0.1) is 0 Å². The third-order valence-electron chi connectivity index (χ3n) is 4.56. The second kappa shape index (κ2) is 5.49. The first-order valence-electron chi connectivity index (χ1n) is 7.74. The molecule has 2 aromatic carbocycles. The lowest BCUT2D eigenvalue weighted by Gasteiger charge is -2.28. The average Bonchev–Trinajstić information content (AvgIpc) is 2.88. The van der Waals surface area contributed by atoms with Gasteiger partial charge in [-0.1, -0.05) is 42.1 Å². The maximum absolute atomic E-state index is 3.65. The van der Waals surface area contributed by atoms with E-state index >= 15 is 0 Å². The summed E-state index contributed by atoms with van der Waals surface area (Å²) in [5.74, 6) is 0. The summed E-state index contributed by atoms with van der Waals surface area (Å²) in [6.45, 7) is 0. The fourth-order valence-corrected chi connectivity index (χ4v) is 4.36. The van der Waals surface area contributed by atoms with Crippen molar-refractivity contribution in [2.75, 3.05) is 14.1 Å². The first-order chi connectivity index (χ1) is 10.7. The molecule has 3 aromatic rings. The summed E-state index contributed by atoms with van der Waals surface area (Å²) in [5.41, 5.74) is 4.25. The summed E-state index contributed by atoms with van der Waals surface area (Å²) in [5, 5.41) is 2.76.